The summed E-state index contributed by atoms with van der Waals surface area (Å²) in [7, 11) is 0. The third kappa shape index (κ3) is 11.0. The Bertz CT molecular complexity index is 828. The second-order valence-electron chi connectivity index (χ2n) is 9.18. The van der Waals surface area contributed by atoms with Crippen LogP contribution in [0.1, 0.15) is 46.0 Å². The van der Waals surface area contributed by atoms with Gasteiger partial charge < -0.3 is 29.7 Å². The Morgan fingerprint density at radius 2 is 2.00 bits per heavy atom. The molecule has 7 nitrogen and oxygen atoms in total. The molecule has 5 unspecified atom stereocenters. The Morgan fingerprint density at radius 3 is 2.72 bits per heavy atom. The van der Waals surface area contributed by atoms with Crippen molar-refractivity contribution in [3.8, 4) is 5.75 Å². The first-order chi connectivity index (χ1) is 17.3. The summed E-state index contributed by atoms with van der Waals surface area (Å²) < 4.78 is 10.8. The lowest BCUT2D eigenvalue weighted by Gasteiger charge is -2.19. The quantitative estimate of drug-likeness (QED) is 0.171. The fourth-order valence-electron chi connectivity index (χ4n) is 4.39. The van der Waals surface area contributed by atoms with Crippen molar-refractivity contribution in [2.24, 2.45) is 11.8 Å². The molecular weight excluding hydrogens is 482 g/mol. The largest absolute Gasteiger partial charge is 0.491 e. The van der Waals surface area contributed by atoms with Crippen molar-refractivity contribution >= 4 is 17.6 Å². The number of aliphatic hydroxyl groups excluding tert-OH is 3. The Kier molecular flexibility index (Phi) is 14.1. The monoisotopic (exact) mass is 523 g/mol. The minimum Gasteiger partial charge on any atom is -0.491 e. The second kappa shape index (κ2) is 16.8. The molecule has 0 radical (unpaired) electrons. The average molecular weight is 524 g/mol. The third-order valence-electron chi connectivity index (χ3n) is 6.58. The lowest BCUT2D eigenvalue weighted by Crippen LogP contribution is -2.27. The number of unbranched alkanes of at least 4 members (excludes halogenated alkanes) is 1. The molecule has 1 fully saturated rings. The molecule has 5 atom stereocenters. The van der Waals surface area contributed by atoms with Crippen molar-refractivity contribution in [1.82, 2.24) is 4.90 Å². The Hall–Kier alpha value is -1.90. The fourth-order valence-corrected chi connectivity index (χ4v) is 4.57. The number of ether oxygens (including phenoxy) is 2. The van der Waals surface area contributed by atoms with E-state index in [1.165, 1.54) is 0 Å². The van der Waals surface area contributed by atoms with E-state index in [0.717, 1.165) is 26.1 Å². The van der Waals surface area contributed by atoms with Gasteiger partial charge in [-0.3, -0.25) is 4.79 Å². The molecule has 2 rings (SSSR count). The van der Waals surface area contributed by atoms with Crippen molar-refractivity contribution in [3.63, 3.8) is 0 Å². The third-order valence-corrected chi connectivity index (χ3v) is 6.81. The first kappa shape index (κ1) is 30.3. The van der Waals surface area contributed by atoms with Crippen LogP contribution in [0.5, 0.6) is 5.75 Å². The maximum atomic E-state index is 11.9. The smallest absolute Gasteiger partial charge is 0.305 e. The molecular formula is C28H42ClNO6. The lowest BCUT2D eigenvalue weighted by atomic mass is 9.89. The number of nitrogens with zero attached hydrogens (tertiary/aromatic N) is 1. The van der Waals surface area contributed by atoms with Crippen molar-refractivity contribution in [1.29, 1.82) is 0 Å². The molecule has 0 aliphatic heterocycles. The molecule has 0 spiro atoms. The van der Waals surface area contributed by atoms with Crippen molar-refractivity contribution in [3.05, 3.63) is 53.6 Å². The molecule has 1 aliphatic rings. The summed E-state index contributed by atoms with van der Waals surface area (Å²) in [6, 6.07) is 6.95. The first-order valence-electron chi connectivity index (χ1n) is 13.0. The highest BCUT2D eigenvalue weighted by Gasteiger charge is 2.39. The molecule has 0 bridgehead atoms. The number of carbonyl (C=O) groups excluding carboxylic acids is 1. The zero-order chi connectivity index (χ0) is 26.3. The maximum absolute atomic E-state index is 11.9. The SMILES string of the molecule is CCN(CC)CCOC(=O)CCCC=CCC1C(O)CC(O)C1C=CC(O)COc1cccc(Cl)c1. The van der Waals surface area contributed by atoms with Crippen LogP contribution < -0.4 is 4.74 Å². The summed E-state index contributed by atoms with van der Waals surface area (Å²) >= 11 is 5.94. The molecule has 0 amide bonds. The summed E-state index contributed by atoms with van der Waals surface area (Å²) in [5.74, 6) is 0.0000182. The highest BCUT2D eigenvalue weighted by Crippen LogP contribution is 2.36. The van der Waals surface area contributed by atoms with E-state index in [1.54, 1.807) is 36.4 Å². The molecule has 1 saturated carbocycles. The summed E-state index contributed by atoms with van der Waals surface area (Å²) in [6.45, 7) is 7.31. The van der Waals surface area contributed by atoms with Gasteiger partial charge in [0, 0.05) is 30.3 Å². The number of carbonyl (C=O) groups is 1. The van der Waals surface area contributed by atoms with E-state index in [1.807, 2.05) is 12.2 Å². The predicted molar refractivity (Wildman–Crippen MR) is 142 cm³/mol. The van der Waals surface area contributed by atoms with Crippen LogP contribution in [-0.2, 0) is 9.53 Å². The number of hydrogen-bond acceptors (Lipinski definition) is 7. The molecule has 0 aromatic heterocycles. The predicted octanol–water partition coefficient (Wildman–Crippen LogP) is 4.00. The van der Waals surface area contributed by atoms with Gasteiger partial charge in [-0.2, -0.15) is 0 Å². The van der Waals surface area contributed by atoms with Crippen molar-refractivity contribution in [2.45, 2.75) is 64.3 Å². The minimum atomic E-state index is -0.850. The van der Waals surface area contributed by atoms with Gasteiger partial charge >= 0.3 is 5.97 Å². The van der Waals surface area contributed by atoms with Crippen molar-refractivity contribution in [2.75, 3.05) is 32.8 Å². The highest BCUT2D eigenvalue weighted by molar-refractivity contribution is 6.30. The Morgan fingerprint density at radius 1 is 1.22 bits per heavy atom. The molecule has 0 heterocycles. The number of hydrogen-bond donors (Lipinski definition) is 3. The van der Waals surface area contributed by atoms with Gasteiger partial charge in [-0.05, 0) is 56.5 Å². The van der Waals surface area contributed by atoms with Crippen molar-refractivity contribution < 1.29 is 29.6 Å². The molecule has 8 heteroatoms. The van der Waals surface area contributed by atoms with E-state index in [2.05, 4.69) is 18.7 Å². The first-order valence-corrected chi connectivity index (χ1v) is 13.4. The summed E-state index contributed by atoms with van der Waals surface area (Å²) in [5, 5.41) is 31.6. The fraction of sp³-hybridized carbons (Fsp3) is 0.607. The number of esters is 1. The number of aliphatic hydroxyl groups is 3. The van der Waals surface area contributed by atoms with Crippen LogP contribution in [-0.4, -0.2) is 77.3 Å². The minimum absolute atomic E-state index is 0.0602. The van der Waals surface area contributed by atoms with Crippen LogP contribution in [0.2, 0.25) is 5.02 Å². The van der Waals surface area contributed by atoms with Gasteiger partial charge in [0.25, 0.3) is 0 Å². The normalized spacial score (nSPS) is 23.1. The Labute approximate surface area is 220 Å². The van der Waals surface area contributed by atoms with Gasteiger partial charge in [-0.15, -0.1) is 0 Å². The van der Waals surface area contributed by atoms with Crippen LogP contribution >= 0.6 is 11.6 Å². The topological polar surface area (TPSA) is 99.5 Å². The van der Waals surface area contributed by atoms with E-state index in [0.29, 0.717) is 43.1 Å². The van der Waals surface area contributed by atoms with Crippen LogP contribution in [0, 0.1) is 11.8 Å². The maximum Gasteiger partial charge on any atom is 0.305 e. The Balaban J connectivity index is 1.70. The number of rotatable bonds is 16. The van der Waals surface area contributed by atoms with Crippen LogP contribution in [0.15, 0.2) is 48.6 Å². The van der Waals surface area contributed by atoms with Gasteiger partial charge in [0.05, 0.1) is 12.2 Å². The average Bonchev–Trinajstić information content (AvgIpc) is 3.13. The molecule has 202 valence electrons. The molecule has 1 aliphatic carbocycles. The zero-order valence-corrected chi connectivity index (χ0v) is 22.2. The standard InChI is InChI=1S/C28H42ClNO6/c1-3-30(4-2)16-17-35-28(34)13-8-6-5-7-12-24-25(27(33)19-26(24)32)15-14-22(31)20-36-23-11-9-10-21(29)18-23/h5,7,9-11,14-15,18,22,24-27,31-33H,3-4,6,8,12-13,16-17,19-20H2,1-2H3. The summed E-state index contributed by atoms with van der Waals surface area (Å²) in [5.41, 5.74) is 0. The molecule has 1 aromatic carbocycles. The van der Waals surface area contributed by atoms with E-state index < -0.39 is 18.3 Å². The van der Waals surface area contributed by atoms with Gasteiger partial charge in [0.1, 0.15) is 25.1 Å². The second-order valence-corrected chi connectivity index (χ2v) is 9.62. The molecule has 36 heavy (non-hydrogen) atoms. The lowest BCUT2D eigenvalue weighted by molar-refractivity contribution is -0.144. The van der Waals surface area contributed by atoms with Crippen LogP contribution in [0.4, 0.5) is 0 Å². The summed E-state index contributed by atoms with van der Waals surface area (Å²) in [6.07, 6.45) is 8.02. The zero-order valence-electron chi connectivity index (χ0n) is 21.5. The molecule has 3 N–H and O–H groups in total. The molecule has 1 aromatic rings. The summed E-state index contributed by atoms with van der Waals surface area (Å²) in [4.78, 5) is 14.1. The van der Waals surface area contributed by atoms with Crippen LogP contribution in [0.25, 0.3) is 0 Å². The van der Waals surface area contributed by atoms with E-state index in [4.69, 9.17) is 21.1 Å². The van der Waals surface area contributed by atoms with E-state index in [9.17, 15) is 20.1 Å². The number of benzene rings is 1. The number of likely N-dealkylation sites (N-methyl/N-ethyl adjacent to an activating group) is 1. The van der Waals surface area contributed by atoms with Gasteiger partial charge in [-0.25, -0.2) is 0 Å². The van der Waals surface area contributed by atoms with Gasteiger partial charge in [-0.1, -0.05) is 55.8 Å². The van der Waals surface area contributed by atoms with Gasteiger partial charge in [0.15, 0.2) is 0 Å². The van der Waals surface area contributed by atoms with E-state index >= 15 is 0 Å². The van der Waals surface area contributed by atoms with E-state index in [-0.39, 0.29) is 24.4 Å². The van der Waals surface area contributed by atoms with Gasteiger partial charge in [0.2, 0.25) is 0 Å². The number of allylic oxidation sites excluding steroid dienone is 2. The number of halogens is 1. The highest BCUT2D eigenvalue weighted by atomic mass is 35.5. The molecule has 0 saturated heterocycles. The van der Waals surface area contributed by atoms with Crippen LogP contribution in [0.3, 0.4) is 0 Å².